The lowest BCUT2D eigenvalue weighted by atomic mass is 10.0. The summed E-state index contributed by atoms with van der Waals surface area (Å²) in [7, 11) is 0. The first kappa shape index (κ1) is 9.22. The zero-order chi connectivity index (χ0) is 9.80. The fourth-order valence-electron chi connectivity index (χ4n) is 1.64. The quantitative estimate of drug-likeness (QED) is 0.704. The van der Waals surface area contributed by atoms with E-state index in [-0.39, 0.29) is 12.0 Å². The molecule has 0 bridgehead atoms. The number of aliphatic hydroxyl groups is 1. The monoisotopic (exact) mass is 186 g/mol. The van der Waals surface area contributed by atoms with Gasteiger partial charge in [0, 0.05) is 5.92 Å². The minimum absolute atomic E-state index is 0.190. The van der Waals surface area contributed by atoms with Crippen LogP contribution in [0.5, 0.6) is 0 Å². The Bertz CT molecular complexity index is 338. The van der Waals surface area contributed by atoms with E-state index in [2.05, 4.69) is 30.4 Å². The normalized spacial score (nSPS) is 26.1. The van der Waals surface area contributed by atoms with E-state index >= 15 is 0 Å². The molecule has 1 unspecified atom stereocenters. The minimum atomic E-state index is -0.227. The average Bonchev–Trinajstić information content (AvgIpc) is 2.63. The summed E-state index contributed by atoms with van der Waals surface area (Å²) < 4.78 is 0. The van der Waals surface area contributed by atoms with Gasteiger partial charge in [0.05, 0.1) is 6.10 Å². The number of benzene rings is 1. The first-order valence-corrected chi connectivity index (χ1v) is 4.94. The van der Waals surface area contributed by atoms with Crippen LogP contribution in [-0.2, 0) is 0 Å². The molecule has 0 spiro atoms. The molecule has 72 valence electrons. The van der Waals surface area contributed by atoms with Crippen molar-refractivity contribution >= 4 is 6.08 Å². The van der Waals surface area contributed by atoms with Crippen molar-refractivity contribution in [3.05, 3.63) is 54.1 Å². The van der Waals surface area contributed by atoms with Crippen LogP contribution in [0.15, 0.2) is 48.6 Å². The number of rotatable bonds is 2. The molecule has 0 amide bonds. The number of hydrogen-bond acceptors (Lipinski definition) is 1. The van der Waals surface area contributed by atoms with Gasteiger partial charge in [-0.1, -0.05) is 54.6 Å². The summed E-state index contributed by atoms with van der Waals surface area (Å²) in [5.74, 6) is 0.190. The lowest BCUT2D eigenvalue weighted by molar-refractivity contribution is 0.162. The Morgan fingerprint density at radius 3 is 2.64 bits per heavy atom. The van der Waals surface area contributed by atoms with Gasteiger partial charge in [-0.2, -0.15) is 0 Å². The molecule has 1 aliphatic rings. The second-order valence-electron chi connectivity index (χ2n) is 3.58. The highest BCUT2D eigenvalue weighted by molar-refractivity contribution is 5.49. The summed E-state index contributed by atoms with van der Waals surface area (Å²) in [6.45, 7) is 0. The van der Waals surface area contributed by atoms with Crippen LogP contribution in [0, 0.1) is 5.92 Å². The van der Waals surface area contributed by atoms with Crippen molar-refractivity contribution in [2.75, 3.05) is 0 Å². The first-order valence-electron chi connectivity index (χ1n) is 4.94. The molecular weight excluding hydrogens is 172 g/mol. The molecule has 1 aromatic carbocycles. The molecule has 1 aromatic rings. The lowest BCUT2D eigenvalue weighted by Crippen LogP contribution is -2.10. The van der Waals surface area contributed by atoms with Crippen LogP contribution < -0.4 is 0 Å². The molecule has 0 aromatic heterocycles. The van der Waals surface area contributed by atoms with E-state index in [1.165, 1.54) is 5.56 Å². The van der Waals surface area contributed by atoms with Crippen LogP contribution in [-0.4, -0.2) is 11.2 Å². The standard InChI is InChI=1S/C13H14O/c14-13-8-4-7-12(13)10-9-11-5-2-1-3-6-11/h1-7,9-10,12-14H,8H2/b10-9-/t12?,13-/m1/s1. The molecule has 0 fully saturated rings. The first-order chi connectivity index (χ1) is 6.86. The van der Waals surface area contributed by atoms with Crippen LogP contribution in [0.25, 0.3) is 6.08 Å². The van der Waals surface area contributed by atoms with Gasteiger partial charge in [0.1, 0.15) is 0 Å². The smallest absolute Gasteiger partial charge is 0.0671 e. The van der Waals surface area contributed by atoms with Crippen LogP contribution in [0.3, 0.4) is 0 Å². The molecule has 1 N–H and O–H groups in total. The van der Waals surface area contributed by atoms with Gasteiger partial charge in [-0.25, -0.2) is 0 Å². The molecule has 0 saturated heterocycles. The van der Waals surface area contributed by atoms with E-state index in [1.54, 1.807) is 0 Å². The fraction of sp³-hybridized carbons (Fsp3) is 0.231. The van der Waals surface area contributed by atoms with Crippen molar-refractivity contribution in [3.8, 4) is 0 Å². The highest BCUT2D eigenvalue weighted by Crippen LogP contribution is 2.20. The van der Waals surface area contributed by atoms with E-state index < -0.39 is 0 Å². The highest BCUT2D eigenvalue weighted by Gasteiger charge is 2.16. The molecule has 2 rings (SSSR count). The molecular formula is C13H14O. The summed E-state index contributed by atoms with van der Waals surface area (Å²) >= 11 is 0. The Labute approximate surface area is 84.4 Å². The van der Waals surface area contributed by atoms with Crippen molar-refractivity contribution in [3.63, 3.8) is 0 Å². The molecule has 14 heavy (non-hydrogen) atoms. The van der Waals surface area contributed by atoms with Gasteiger partial charge in [0.15, 0.2) is 0 Å². The Kier molecular flexibility index (Phi) is 2.80. The largest absolute Gasteiger partial charge is 0.392 e. The minimum Gasteiger partial charge on any atom is -0.392 e. The third-order valence-electron chi connectivity index (χ3n) is 2.49. The maximum absolute atomic E-state index is 9.55. The zero-order valence-electron chi connectivity index (χ0n) is 8.01. The van der Waals surface area contributed by atoms with Crippen molar-refractivity contribution in [2.45, 2.75) is 12.5 Å². The van der Waals surface area contributed by atoms with Crippen molar-refractivity contribution in [1.82, 2.24) is 0 Å². The molecule has 1 heteroatoms. The predicted octanol–water partition coefficient (Wildman–Crippen LogP) is 2.64. The summed E-state index contributed by atoms with van der Waals surface area (Å²) in [5.41, 5.74) is 1.18. The van der Waals surface area contributed by atoms with Crippen LogP contribution >= 0.6 is 0 Å². The number of hydrogen-bond donors (Lipinski definition) is 1. The molecule has 0 saturated carbocycles. The fourth-order valence-corrected chi connectivity index (χ4v) is 1.64. The van der Waals surface area contributed by atoms with E-state index in [4.69, 9.17) is 0 Å². The Morgan fingerprint density at radius 1 is 1.21 bits per heavy atom. The van der Waals surface area contributed by atoms with Crippen LogP contribution in [0.2, 0.25) is 0 Å². The zero-order valence-corrected chi connectivity index (χ0v) is 8.01. The van der Waals surface area contributed by atoms with Gasteiger partial charge >= 0.3 is 0 Å². The third kappa shape index (κ3) is 2.12. The van der Waals surface area contributed by atoms with Crippen molar-refractivity contribution in [2.24, 2.45) is 5.92 Å². The summed E-state index contributed by atoms with van der Waals surface area (Å²) in [6, 6.07) is 10.1. The molecule has 1 nitrogen and oxygen atoms in total. The SMILES string of the molecule is O[C@@H]1CC=CC1/C=C\c1ccccc1. The van der Waals surface area contributed by atoms with Gasteiger partial charge in [-0.3, -0.25) is 0 Å². The van der Waals surface area contributed by atoms with Crippen molar-refractivity contribution in [1.29, 1.82) is 0 Å². The molecule has 1 aliphatic carbocycles. The summed E-state index contributed by atoms with van der Waals surface area (Å²) in [6.07, 6.45) is 8.76. The molecule has 2 atom stereocenters. The molecule has 0 aliphatic heterocycles. The van der Waals surface area contributed by atoms with Gasteiger partial charge in [-0.05, 0) is 12.0 Å². The van der Waals surface area contributed by atoms with Gasteiger partial charge in [0.2, 0.25) is 0 Å². The second-order valence-corrected chi connectivity index (χ2v) is 3.58. The van der Waals surface area contributed by atoms with Crippen LogP contribution in [0.1, 0.15) is 12.0 Å². The van der Waals surface area contributed by atoms with Gasteiger partial charge < -0.3 is 5.11 Å². The molecule has 0 radical (unpaired) electrons. The maximum atomic E-state index is 9.55. The van der Waals surface area contributed by atoms with Gasteiger partial charge in [0.25, 0.3) is 0 Å². The third-order valence-corrected chi connectivity index (χ3v) is 2.49. The van der Waals surface area contributed by atoms with E-state index in [1.807, 2.05) is 24.3 Å². The Morgan fingerprint density at radius 2 is 2.00 bits per heavy atom. The lowest BCUT2D eigenvalue weighted by Gasteiger charge is -2.07. The maximum Gasteiger partial charge on any atom is 0.0671 e. The Hall–Kier alpha value is -1.34. The van der Waals surface area contributed by atoms with E-state index in [0.29, 0.717) is 0 Å². The summed E-state index contributed by atoms with van der Waals surface area (Å²) in [5, 5.41) is 9.55. The van der Waals surface area contributed by atoms with Crippen LogP contribution in [0.4, 0.5) is 0 Å². The Balaban J connectivity index is 2.04. The predicted molar refractivity (Wildman–Crippen MR) is 58.7 cm³/mol. The van der Waals surface area contributed by atoms with Gasteiger partial charge in [-0.15, -0.1) is 0 Å². The summed E-state index contributed by atoms with van der Waals surface area (Å²) in [4.78, 5) is 0. The van der Waals surface area contributed by atoms with E-state index in [9.17, 15) is 5.11 Å². The highest BCUT2D eigenvalue weighted by atomic mass is 16.3. The average molecular weight is 186 g/mol. The van der Waals surface area contributed by atoms with E-state index in [0.717, 1.165) is 6.42 Å². The number of aliphatic hydroxyl groups excluding tert-OH is 1. The topological polar surface area (TPSA) is 20.2 Å². The molecule has 0 heterocycles. The van der Waals surface area contributed by atoms with Crippen molar-refractivity contribution < 1.29 is 5.11 Å². The second kappa shape index (κ2) is 4.25.